The average molecular weight is 198 g/mol. The predicted molar refractivity (Wildman–Crippen MR) is 51.7 cm³/mol. The van der Waals surface area contributed by atoms with E-state index in [0.29, 0.717) is 0 Å². The highest BCUT2D eigenvalue weighted by molar-refractivity contribution is 7.77. The number of hydrogen-bond acceptors (Lipinski definition) is 2. The van der Waals surface area contributed by atoms with Gasteiger partial charge in [0, 0.05) is 17.3 Å². The molecule has 3 nitrogen and oxygen atoms in total. The highest BCUT2D eigenvalue weighted by Crippen LogP contribution is 2.02. The molecular formula is C9H12NO2S-. The number of hydrogen-bond donors (Lipinski definition) is 1. The van der Waals surface area contributed by atoms with Crippen LogP contribution in [-0.4, -0.2) is 14.8 Å². The minimum Gasteiger partial charge on any atom is -0.760 e. The Balaban J connectivity index is 2.45. The summed E-state index contributed by atoms with van der Waals surface area (Å²) < 4.78 is 23.0. The topological polar surface area (TPSA) is 52.2 Å². The molecule has 0 saturated carbocycles. The van der Waals surface area contributed by atoms with Gasteiger partial charge in [-0.1, -0.05) is 30.3 Å². The highest BCUT2D eigenvalue weighted by Gasteiger charge is 2.01. The molecule has 4 heteroatoms. The van der Waals surface area contributed by atoms with E-state index in [1.807, 2.05) is 37.3 Å². The monoisotopic (exact) mass is 198 g/mol. The maximum Gasteiger partial charge on any atom is 0.0196 e. The third-order valence-electron chi connectivity index (χ3n) is 1.68. The van der Waals surface area contributed by atoms with Gasteiger partial charge in [0.1, 0.15) is 0 Å². The molecule has 1 aromatic carbocycles. The molecule has 1 rings (SSSR count). The molecule has 1 aromatic rings. The summed E-state index contributed by atoms with van der Waals surface area (Å²) >= 11 is -2.17. The molecule has 0 radical (unpaired) electrons. The second-order valence-corrected chi connectivity index (χ2v) is 3.65. The van der Waals surface area contributed by atoms with Crippen molar-refractivity contribution < 1.29 is 8.76 Å². The Morgan fingerprint density at radius 2 is 2.08 bits per heavy atom. The molecule has 0 saturated heterocycles. The first-order valence-corrected chi connectivity index (χ1v) is 5.15. The first-order chi connectivity index (χ1) is 6.18. The van der Waals surface area contributed by atoms with Gasteiger partial charge in [0.15, 0.2) is 0 Å². The van der Waals surface area contributed by atoms with Crippen molar-refractivity contribution in [3.8, 4) is 0 Å². The summed E-state index contributed by atoms with van der Waals surface area (Å²) in [6, 6.07) is 9.72. The van der Waals surface area contributed by atoms with Gasteiger partial charge in [0.05, 0.1) is 0 Å². The fourth-order valence-corrected chi connectivity index (χ4v) is 1.59. The lowest BCUT2D eigenvalue weighted by atomic mass is 10.1. The van der Waals surface area contributed by atoms with E-state index in [1.54, 1.807) is 0 Å². The van der Waals surface area contributed by atoms with Gasteiger partial charge in [-0.05, 0) is 18.9 Å². The summed E-state index contributed by atoms with van der Waals surface area (Å²) in [6.07, 6.45) is 0.717. The molecule has 0 aromatic heterocycles. The Labute approximate surface area is 80.6 Å². The quantitative estimate of drug-likeness (QED) is 0.734. The van der Waals surface area contributed by atoms with Gasteiger partial charge in [-0.25, -0.2) is 4.72 Å². The number of rotatable bonds is 4. The molecule has 72 valence electrons. The maximum absolute atomic E-state index is 10.3. The molecule has 0 fully saturated rings. The van der Waals surface area contributed by atoms with Gasteiger partial charge >= 0.3 is 0 Å². The van der Waals surface area contributed by atoms with Crippen molar-refractivity contribution in [1.29, 1.82) is 0 Å². The lowest BCUT2D eigenvalue weighted by molar-refractivity contribution is 0.508. The van der Waals surface area contributed by atoms with E-state index >= 15 is 0 Å². The first-order valence-electron chi connectivity index (χ1n) is 4.08. The van der Waals surface area contributed by atoms with Crippen molar-refractivity contribution in [3.63, 3.8) is 0 Å². The lowest BCUT2D eigenvalue weighted by Crippen LogP contribution is -2.29. The third-order valence-corrected chi connectivity index (χ3v) is 2.28. The molecule has 0 heterocycles. The van der Waals surface area contributed by atoms with Crippen LogP contribution in [-0.2, 0) is 17.7 Å². The molecule has 0 aliphatic rings. The Kier molecular flexibility index (Phi) is 4.08. The largest absolute Gasteiger partial charge is 0.760 e. The van der Waals surface area contributed by atoms with Crippen molar-refractivity contribution in [3.05, 3.63) is 35.9 Å². The van der Waals surface area contributed by atoms with E-state index in [1.165, 1.54) is 0 Å². The van der Waals surface area contributed by atoms with Crippen LogP contribution in [0.3, 0.4) is 0 Å². The van der Waals surface area contributed by atoms with E-state index < -0.39 is 11.3 Å². The zero-order valence-corrected chi connectivity index (χ0v) is 8.21. The Morgan fingerprint density at radius 3 is 2.62 bits per heavy atom. The molecular weight excluding hydrogens is 186 g/mol. The van der Waals surface area contributed by atoms with Crippen LogP contribution in [0.25, 0.3) is 0 Å². The SMILES string of the molecule is C[C@H](Cc1ccccc1)NS(=O)[O-]. The van der Waals surface area contributed by atoms with Crippen LogP contribution in [0.15, 0.2) is 30.3 Å². The molecule has 0 aliphatic carbocycles. The van der Waals surface area contributed by atoms with E-state index in [0.717, 1.165) is 12.0 Å². The zero-order valence-electron chi connectivity index (χ0n) is 7.40. The zero-order chi connectivity index (χ0) is 9.68. The molecule has 0 amide bonds. The Morgan fingerprint density at radius 1 is 1.46 bits per heavy atom. The van der Waals surface area contributed by atoms with Crippen molar-refractivity contribution in [2.24, 2.45) is 0 Å². The van der Waals surface area contributed by atoms with Crippen molar-refractivity contribution >= 4 is 11.3 Å². The Bertz CT molecular complexity index is 276. The van der Waals surface area contributed by atoms with Crippen molar-refractivity contribution in [2.45, 2.75) is 19.4 Å². The average Bonchev–Trinajstić information content (AvgIpc) is 2.04. The van der Waals surface area contributed by atoms with Gasteiger partial charge < -0.3 is 4.55 Å². The van der Waals surface area contributed by atoms with Crippen molar-refractivity contribution in [2.75, 3.05) is 0 Å². The maximum atomic E-state index is 10.3. The smallest absolute Gasteiger partial charge is 0.0196 e. The fraction of sp³-hybridized carbons (Fsp3) is 0.333. The second-order valence-electron chi connectivity index (χ2n) is 2.94. The normalized spacial score (nSPS) is 15.2. The summed E-state index contributed by atoms with van der Waals surface area (Å²) in [7, 11) is 0. The van der Waals surface area contributed by atoms with Crippen LogP contribution in [0.5, 0.6) is 0 Å². The van der Waals surface area contributed by atoms with Gasteiger partial charge in [0.25, 0.3) is 0 Å². The summed E-state index contributed by atoms with van der Waals surface area (Å²) in [6.45, 7) is 1.84. The number of nitrogens with one attached hydrogen (secondary N) is 1. The summed E-state index contributed by atoms with van der Waals surface area (Å²) in [4.78, 5) is 0. The van der Waals surface area contributed by atoms with Gasteiger partial charge in [-0.2, -0.15) is 0 Å². The summed E-state index contributed by atoms with van der Waals surface area (Å²) in [5.74, 6) is 0. The molecule has 1 N–H and O–H groups in total. The number of benzene rings is 1. The fourth-order valence-electron chi connectivity index (χ4n) is 1.17. The van der Waals surface area contributed by atoms with Crippen molar-refractivity contribution in [1.82, 2.24) is 4.72 Å². The minimum atomic E-state index is -2.17. The lowest BCUT2D eigenvalue weighted by Gasteiger charge is -2.15. The second kappa shape index (κ2) is 5.11. The van der Waals surface area contributed by atoms with E-state index in [9.17, 15) is 8.76 Å². The molecule has 0 aliphatic heterocycles. The van der Waals surface area contributed by atoms with Crippen LogP contribution in [0.4, 0.5) is 0 Å². The van der Waals surface area contributed by atoms with E-state index in [4.69, 9.17) is 0 Å². The van der Waals surface area contributed by atoms with Gasteiger partial charge in [-0.15, -0.1) is 0 Å². The molecule has 1 unspecified atom stereocenters. The van der Waals surface area contributed by atoms with Crippen LogP contribution >= 0.6 is 0 Å². The van der Waals surface area contributed by atoms with Gasteiger partial charge in [-0.3, -0.25) is 4.21 Å². The van der Waals surface area contributed by atoms with Crippen LogP contribution in [0.2, 0.25) is 0 Å². The van der Waals surface area contributed by atoms with Crippen LogP contribution in [0, 0.1) is 0 Å². The highest BCUT2D eigenvalue weighted by atomic mass is 32.2. The molecule has 0 bridgehead atoms. The summed E-state index contributed by atoms with van der Waals surface area (Å²) in [5, 5.41) is 0. The molecule has 13 heavy (non-hydrogen) atoms. The van der Waals surface area contributed by atoms with E-state index in [2.05, 4.69) is 4.72 Å². The third kappa shape index (κ3) is 4.17. The Hall–Kier alpha value is -0.710. The molecule has 2 atom stereocenters. The standard InChI is InChI=1S/C9H13NO2S/c1-8(10-13(11)12)7-9-5-3-2-4-6-9/h2-6,8,10H,7H2,1H3,(H,11,12)/p-1/t8-/m1/s1. The van der Waals surface area contributed by atoms with Gasteiger partial charge in [0.2, 0.25) is 0 Å². The van der Waals surface area contributed by atoms with E-state index in [-0.39, 0.29) is 6.04 Å². The van der Waals surface area contributed by atoms with Crippen LogP contribution < -0.4 is 4.72 Å². The predicted octanol–water partition coefficient (Wildman–Crippen LogP) is 1.00. The summed E-state index contributed by atoms with van der Waals surface area (Å²) in [5.41, 5.74) is 1.13. The first kappa shape index (κ1) is 10.4. The minimum absolute atomic E-state index is 0.0549. The molecule has 0 spiro atoms. The van der Waals surface area contributed by atoms with Crippen LogP contribution in [0.1, 0.15) is 12.5 Å².